The van der Waals surface area contributed by atoms with Crippen LogP contribution in [0.4, 0.5) is 0 Å². The van der Waals surface area contributed by atoms with Crippen LogP contribution in [0.5, 0.6) is 0 Å². The smallest absolute Gasteiger partial charge is 0.240 e. The summed E-state index contributed by atoms with van der Waals surface area (Å²) >= 11 is 5.77. The Bertz CT molecular complexity index is 688. The third kappa shape index (κ3) is 3.42. The van der Waals surface area contributed by atoms with Crippen molar-refractivity contribution in [1.29, 1.82) is 0 Å². The van der Waals surface area contributed by atoms with Crippen LogP contribution in [-0.2, 0) is 10.0 Å². The fourth-order valence-electron chi connectivity index (χ4n) is 1.61. The van der Waals surface area contributed by atoms with Gasteiger partial charge in [-0.1, -0.05) is 11.6 Å². The van der Waals surface area contributed by atoms with Crippen LogP contribution in [0, 0.1) is 0 Å². The van der Waals surface area contributed by atoms with Crippen molar-refractivity contribution >= 4 is 32.5 Å². The predicted molar refractivity (Wildman–Crippen MR) is 73.6 cm³/mol. The van der Waals surface area contributed by atoms with Crippen molar-refractivity contribution in [2.24, 2.45) is 0 Å². The number of halogens is 1. The van der Waals surface area contributed by atoms with Crippen LogP contribution < -0.4 is 4.72 Å². The largest absolute Gasteiger partial charge is 0.396 e. The first-order chi connectivity index (χ1) is 9.03. The third-order valence-electron chi connectivity index (χ3n) is 2.56. The maximum Gasteiger partial charge on any atom is 0.240 e. The van der Waals surface area contributed by atoms with Crippen molar-refractivity contribution in [3.8, 4) is 0 Å². The van der Waals surface area contributed by atoms with Crippen molar-refractivity contribution in [1.82, 2.24) is 9.71 Å². The van der Waals surface area contributed by atoms with Gasteiger partial charge in [0.15, 0.2) is 0 Å². The molecule has 1 aromatic carbocycles. The molecule has 1 heterocycles. The molecule has 0 amide bonds. The second-order valence-electron chi connectivity index (χ2n) is 3.96. The number of aliphatic hydroxyl groups excluding tert-OH is 1. The fourth-order valence-corrected chi connectivity index (χ4v) is 2.88. The van der Waals surface area contributed by atoms with Crippen molar-refractivity contribution in [3.05, 3.63) is 35.5 Å². The van der Waals surface area contributed by atoms with Gasteiger partial charge in [0.25, 0.3) is 0 Å². The van der Waals surface area contributed by atoms with E-state index in [1.165, 1.54) is 6.07 Å². The number of fused-ring (bicyclic) bond motifs is 1. The Morgan fingerprint density at radius 2 is 2.05 bits per heavy atom. The van der Waals surface area contributed by atoms with E-state index in [-0.39, 0.29) is 18.0 Å². The SMILES string of the molecule is O=S(=O)(NCCCO)c1ccc2nc(Cl)ccc2c1. The Hall–Kier alpha value is -1.21. The molecule has 0 saturated carbocycles. The highest BCUT2D eigenvalue weighted by Gasteiger charge is 2.13. The number of nitrogens with zero attached hydrogens (tertiary/aromatic N) is 1. The fraction of sp³-hybridized carbons (Fsp3) is 0.250. The molecule has 2 rings (SSSR count). The maximum absolute atomic E-state index is 12.0. The number of pyridine rings is 1. The van der Waals surface area contributed by atoms with Gasteiger partial charge in [-0.2, -0.15) is 0 Å². The predicted octanol–water partition coefficient (Wildman–Crippen LogP) is 1.55. The highest BCUT2D eigenvalue weighted by molar-refractivity contribution is 7.89. The van der Waals surface area contributed by atoms with E-state index in [1.807, 2.05) is 0 Å². The van der Waals surface area contributed by atoms with Gasteiger partial charge in [0.2, 0.25) is 10.0 Å². The highest BCUT2D eigenvalue weighted by Crippen LogP contribution is 2.19. The lowest BCUT2D eigenvalue weighted by Gasteiger charge is -2.07. The molecule has 0 aliphatic rings. The summed E-state index contributed by atoms with van der Waals surface area (Å²) in [5, 5.41) is 9.71. The molecule has 0 fully saturated rings. The molecule has 102 valence electrons. The van der Waals surface area contributed by atoms with Gasteiger partial charge in [-0.25, -0.2) is 18.1 Å². The standard InChI is InChI=1S/C12H13ClN2O3S/c13-12-5-2-9-8-10(3-4-11(9)15-12)19(17,18)14-6-1-7-16/h2-5,8,14,16H,1,6-7H2. The molecule has 19 heavy (non-hydrogen) atoms. The lowest BCUT2D eigenvalue weighted by molar-refractivity contribution is 0.289. The van der Waals surface area contributed by atoms with Gasteiger partial charge in [0.1, 0.15) is 5.15 Å². The Balaban J connectivity index is 2.32. The summed E-state index contributed by atoms with van der Waals surface area (Å²) in [5.41, 5.74) is 0.641. The summed E-state index contributed by atoms with van der Waals surface area (Å²) in [6.45, 7) is 0.151. The molecule has 0 saturated heterocycles. The number of aliphatic hydroxyl groups is 1. The number of sulfonamides is 1. The number of aromatic nitrogens is 1. The molecular weight excluding hydrogens is 288 g/mol. The van der Waals surface area contributed by atoms with E-state index < -0.39 is 10.0 Å². The van der Waals surface area contributed by atoms with Gasteiger partial charge in [-0.15, -0.1) is 0 Å². The van der Waals surface area contributed by atoms with E-state index in [1.54, 1.807) is 24.3 Å². The number of hydrogen-bond acceptors (Lipinski definition) is 4. The molecule has 7 heteroatoms. The maximum atomic E-state index is 12.0. The minimum atomic E-state index is -3.56. The first-order valence-electron chi connectivity index (χ1n) is 5.70. The van der Waals surface area contributed by atoms with Gasteiger partial charge in [-0.05, 0) is 36.8 Å². The Labute approximate surface area is 116 Å². The van der Waals surface area contributed by atoms with E-state index in [0.29, 0.717) is 22.5 Å². The summed E-state index contributed by atoms with van der Waals surface area (Å²) in [6, 6.07) is 7.96. The summed E-state index contributed by atoms with van der Waals surface area (Å²) in [7, 11) is -3.56. The molecule has 0 atom stereocenters. The third-order valence-corrected chi connectivity index (χ3v) is 4.23. The molecule has 5 nitrogen and oxygen atoms in total. The molecular formula is C12H13ClN2O3S. The van der Waals surface area contributed by atoms with E-state index >= 15 is 0 Å². The first kappa shape index (κ1) is 14.2. The van der Waals surface area contributed by atoms with Crippen LogP contribution in [0.15, 0.2) is 35.2 Å². The van der Waals surface area contributed by atoms with E-state index in [0.717, 1.165) is 0 Å². The van der Waals surface area contributed by atoms with Crippen molar-refractivity contribution in [2.75, 3.05) is 13.2 Å². The van der Waals surface area contributed by atoms with E-state index in [9.17, 15) is 8.42 Å². The van der Waals surface area contributed by atoms with Gasteiger partial charge in [0, 0.05) is 18.5 Å². The molecule has 2 aromatic rings. The molecule has 0 bridgehead atoms. The van der Waals surface area contributed by atoms with Crippen molar-refractivity contribution in [2.45, 2.75) is 11.3 Å². The minimum absolute atomic E-state index is 0.0529. The van der Waals surface area contributed by atoms with Gasteiger partial charge in [0.05, 0.1) is 10.4 Å². The minimum Gasteiger partial charge on any atom is -0.396 e. The normalized spacial score (nSPS) is 11.9. The average Bonchev–Trinajstić information content (AvgIpc) is 2.38. The number of benzene rings is 1. The molecule has 1 aromatic heterocycles. The molecule has 2 N–H and O–H groups in total. The van der Waals surface area contributed by atoms with Crippen LogP contribution >= 0.6 is 11.6 Å². The summed E-state index contributed by atoms with van der Waals surface area (Å²) < 4.78 is 26.4. The number of hydrogen-bond donors (Lipinski definition) is 2. The van der Waals surface area contributed by atoms with Crippen LogP contribution in [0.3, 0.4) is 0 Å². The number of nitrogens with one attached hydrogen (secondary N) is 1. The first-order valence-corrected chi connectivity index (χ1v) is 7.56. The monoisotopic (exact) mass is 300 g/mol. The molecule has 0 unspecified atom stereocenters. The average molecular weight is 301 g/mol. The summed E-state index contributed by atoms with van der Waals surface area (Å²) in [6.07, 6.45) is 0.379. The topological polar surface area (TPSA) is 79.3 Å². The Morgan fingerprint density at radius 3 is 2.79 bits per heavy atom. The van der Waals surface area contributed by atoms with Gasteiger partial charge < -0.3 is 5.11 Å². The number of rotatable bonds is 5. The lowest BCUT2D eigenvalue weighted by Crippen LogP contribution is -2.25. The zero-order chi connectivity index (χ0) is 13.9. The van der Waals surface area contributed by atoms with E-state index in [2.05, 4.69) is 9.71 Å². The van der Waals surface area contributed by atoms with Crippen molar-refractivity contribution in [3.63, 3.8) is 0 Å². The lowest BCUT2D eigenvalue weighted by atomic mass is 10.2. The zero-order valence-electron chi connectivity index (χ0n) is 10.0. The molecule has 0 radical (unpaired) electrons. The second kappa shape index (κ2) is 5.83. The van der Waals surface area contributed by atoms with E-state index in [4.69, 9.17) is 16.7 Å². The Kier molecular flexibility index (Phi) is 4.36. The van der Waals surface area contributed by atoms with Crippen LogP contribution in [0.2, 0.25) is 5.15 Å². The molecule has 0 aliphatic carbocycles. The Morgan fingerprint density at radius 1 is 1.26 bits per heavy atom. The summed E-state index contributed by atoms with van der Waals surface area (Å²) in [4.78, 5) is 4.26. The summed E-state index contributed by atoms with van der Waals surface area (Å²) in [5.74, 6) is 0. The van der Waals surface area contributed by atoms with Gasteiger partial charge in [-0.3, -0.25) is 0 Å². The van der Waals surface area contributed by atoms with Crippen LogP contribution in [0.25, 0.3) is 10.9 Å². The van der Waals surface area contributed by atoms with Crippen LogP contribution in [-0.4, -0.2) is 31.7 Å². The zero-order valence-corrected chi connectivity index (χ0v) is 11.6. The van der Waals surface area contributed by atoms with Crippen molar-refractivity contribution < 1.29 is 13.5 Å². The quantitative estimate of drug-likeness (QED) is 0.648. The van der Waals surface area contributed by atoms with Gasteiger partial charge >= 0.3 is 0 Å². The van der Waals surface area contributed by atoms with Crippen LogP contribution in [0.1, 0.15) is 6.42 Å². The molecule has 0 aliphatic heterocycles. The highest BCUT2D eigenvalue weighted by atomic mass is 35.5. The second-order valence-corrected chi connectivity index (χ2v) is 6.12. The molecule has 0 spiro atoms.